The van der Waals surface area contributed by atoms with E-state index in [1.807, 2.05) is 0 Å². The largest absolute Gasteiger partial charge is 0.507 e. The second-order valence-electron chi connectivity index (χ2n) is 5.38. The van der Waals surface area contributed by atoms with Crippen molar-refractivity contribution in [3.63, 3.8) is 0 Å². The molecule has 0 aliphatic heterocycles. The molecule has 0 saturated heterocycles. The highest BCUT2D eigenvalue weighted by Gasteiger charge is 2.75. The number of hydrogen-bond donors (Lipinski definition) is 0. The molecule has 0 aliphatic carbocycles. The second kappa shape index (κ2) is 9.15. The normalized spacial score (nSPS) is 17.9. The van der Waals surface area contributed by atoms with Gasteiger partial charge in [-0.05, 0) is 13.8 Å². The number of halogens is 12. The highest BCUT2D eigenvalue weighted by atomic mass is 28.4. The van der Waals surface area contributed by atoms with E-state index in [0.29, 0.717) is 0 Å². The third-order valence-corrected chi connectivity index (χ3v) is 6.04. The first-order valence-electron chi connectivity index (χ1n) is 7.64. The molecule has 0 aromatic rings. The van der Waals surface area contributed by atoms with Crippen molar-refractivity contribution in [2.75, 3.05) is 6.61 Å². The minimum Gasteiger partial charge on any atom is -0.374 e. The van der Waals surface area contributed by atoms with Crippen LogP contribution in [0.3, 0.4) is 0 Å². The van der Waals surface area contributed by atoms with Crippen molar-refractivity contribution in [3.8, 4) is 0 Å². The fourth-order valence-electron chi connectivity index (χ4n) is 1.85. The number of ether oxygens (including phenoxy) is 1. The average molecular weight is 480 g/mol. The predicted octanol–water partition coefficient (Wildman–Crippen LogP) is 5.71. The van der Waals surface area contributed by atoms with E-state index < -0.39 is 58.2 Å². The molecule has 176 valence electrons. The van der Waals surface area contributed by atoms with E-state index in [9.17, 15) is 52.7 Å². The Balaban J connectivity index is 5.91. The molecule has 0 aromatic heterocycles. The Morgan fingerprint density at radius 3 is 1.52 bits per heavy atom. The van der Waals surface area contributed by atoms with Crippen molar-refractivity contribution in [1.82, 2.24) is 0 Å². The van der Waals surface area contributed by atoms with Crippen LogP contribution in [0.2, 0.25) is 6.04 Å². The number of alkyl halides is 12. The molecule has 0 radical (unpaired) electrons. The second-order valence-corrected chi connectivity index (χ2v) is 7.97. The van der Waals surface area contributed by atoms with Crippen molar-refractivity contribution < 1.29 is 70.7 Å². The van der Waals surface area contributed by atoms with Crippen LogP contribution in [-0.2, 0) is 18.0 Å². The van der Waals surface area contributed by atoms with Gasteiger partial charge in [0.2, 0.25) is 0 Å². The molecule has 0 amide bonds. The number of rotatable bonds is 10. The van der Waals surface area contributed by atoms with Gasteiger partial charge in [-0.3, -0.25) is 0 Å². The molecule has 29 heavy (non-hydrogen) atoms. The van der Waals surface area contributed by atoms with E-state index in [1.165, 1.54) is 6.92 Å². The minimum absolute atomic E-state index is 0.220. The summed E-state index contributed by atoms with van der Waals surface area (Å²) in [4.78, 5) is 0. The first kappa shape index (κ1) is 28.2. The highest BCUT2D eigenvalue weighted by molar-refractivity contribution is 6.60. The summed E-state index contributed by atoms with van der Waals surface area (Å²) in [6, 6.07) is -0.891. The topological polar surface area (TPSA) is 36.9 Å². The van der Waals surface area contributed by atoms with Crippen molar-refractivity contribution in [1.29, 1.82) is 0 Å². The van der Waals surface area contributed by atoms with E-state index in [1.54, 1.807) is 0 Å². The van der Waals surface area contributed by atoms with Crippen LogP contribution >= 0.6 is 0 Å². The maximum Gasteiger partial charge on any atom is 0.507 e. The van der Waals surface area contributed by atoms with Crippen LogP contribution in [0, 0.1) is 0 Å². The molecule has 0 fully saturated rings. The molecule has 0 bridgehead atoms. The summed E-state index contributed by atoms with van der Waals surface area (Å²) in [5.41, 5.74) is 0. The Kier molecular flexibility index (Phi) is 8.90. The molecule has 0 N–H and O–H groups in total. The molecule has 0 aromatic carbocycles. The first-order valence-corrected chi connectivity index (χ1v) is 9.58. The van der Waals surface area contributed by atoms with Gasteiger partial charge in [-0.1, -0.05) is 13.3 Å². The van der Waals surface area contributed by atoms with E-state index >= 15 is 0 Å². The average Bonchev–Trinajstić information content (AvgIpc) is 2.43. The maximum atomic E-state index is 13.6. The molecule has 2 atom stereocenters. The van der Waals surface area contributed by atoms with Crippen molar-refractivity contribution >= 4 is 8.80 Å². The van der Waals surface area contributed by atoms with Gasteiger partial charge < -0.3 is 18.0 Å². The molecular formula is C12H16F12O4Si. The lowest BCUT2D eigenvalue weighted by molar-refractivity contribution is -0.451. The van der Waals surface area contributed by atoms with Gasteiger partial charge in [0, 0.05) is 12.7 Å². The first-order chi connectivity index (χ1) is 12.7. The SMILES string of the molecule is CCC[Si](OCC)(OC(C)OC(F)(C(F)(F)F)C(F)(F)F)OC(F)(F)C(F)(F)F. The van der Waals surface area contributed by atoms with Gasteiger partial charge in [-0.2, -0.15) is 52.7 Å². The van der Waals surface area contributed by atoms with Crippen LogP contribution in [0.4, 0.5) is 52.7 Å². The summed E-state index contributed by atoms with van der Waals surface area (Å²) in [7, 11) is -5.32. The Morgan fingerprint density at radius 2 is 1.21 bits per heavy atom. The smallest absolute Gasteiger partial charge is 0.374 e. The van der Waals surface area contributed by atoms with Gasteiger partial charge >= 0.3 is 39.3 Å². The lowest BCUT2D eigenvalue weighted by Crippen LogP contribution is -2.60. The summed E-state index contributed by atoms with van der Waals surface area (Å²) >= 11 is 0. The van der Waals surface area contributed by atoms with Crippen LogP contribution in [0.1, 0.15) is 27.2 Å². The lowest BCUT2D eigenvalue weighted by Gasteiger charge is -2.37. The third kappa shape index (κ3) is 6.86. The Hall–Kier alpha value is -0.783. The Morgan fingerprint density at radius 1 is 0.759 bits per heavy atom. The van der Waals surface area contributed by atoms with Gasteiger partial charge in [-0.25, -0.2) is 0 Å². The monoisotopic (exact) mass is 480 g/mol. The van der Waals surface area contributed by atoms with Crippen molar-refractivity contribution in [3.05, 3.63) is 0 Å². The maximum absolute atomic E-state index is 13.6. The molecule has 0 aliphatic rings. The van der Waals surface area contributed by atoms with Gasteiger partial charge in [-0.15, -0.1) is 0 Å². The predicted molar refractivity (Wildman–Crippen MR) is 72.1 cm³/mol. The third-order valence-electron chi connectivity index (χ3n) is 2.94. The molecule has 17 heteroatoms. The molecule has 0 saturated carbocycles. The summed E-state index contributed by atoms with van der Waals surface area (Å²) < 4.78 is 168. The van der Waals surface area contributed by atoms with Crippen LogP contribution < -0.4 is 0 Å². The quantitative estimate of drug-likeness (QED) is 0.228. The van der Waals surface area contributed by atoms with Gasteiger partial charge in [0.15, 0.2) is 6.29 Å². The van der Waals surface area contributed by atoms with Crippen LogP contribution in [-0.4, -0.2) is 52.2 Å². The van der Waals surface area contributed by atoms with Crippen LogP contribution in [0.15, 0.2) is 0 Å². The molecule has 0 spiro atoms. The fourth-order valence-corrected chi connectivity index (χ4v) is 4.50. The summed E-state index contributed by atoms with van der Waals surface area (Å²) in [6.07, 6.45) is -28.8. The molecular weight excluding hydrogens is 464 g/mol. The van der Waals surface area contributed by atoms with Crippen molar-refractivity contribution in [2.24, 2.45) is 0 Å². The summed E-state index contributed by atoms with van der Waals surface area (Å²) in [6.45, 7) is 1.78. The van der Waals surface area contributed by atoms with Crippen molar-refractivity contribution in [2.45, 2.75) is 70.0 Å². The molecule has 2 unspecified atom stereocenters. The van der Waals surface area contributed by atoms with Crippen LogP contribution in [0.25, 0.3) is 0 Å². The molecule has 4 nitrogen and oxygen atoms in total. The summed E-state index contributed by atoms with van der Waals surface area (Å²) in [5.74, 6) is -6.30. The molecule has 0 rings (SSSR count). The zero-order valence-corrected chi connectivity index (χ0v) is 15.9. The Bertz CT molecular complexity index is 498. The highest BCUT2D eigenvalue weighted by Crippen LogP contribution is 2.48. The van der Waals surface area contributed by atoms with Gasteiger partial charge in [0.05, 0.1) is 0 Å². The van der Waals surface area contributed by atoms with Gasteiger partial charge in [0.25, 0.3) is 0 Å². The van der Waals surface area contributed by atoms with Gasteiger partial charge in [0.1, 0.15) is 0 Å². The van der Waals surface area contributed by atoms with E-state index in [0.717, 1.165) is 6.92 Å². The zero-order valence-electron chi connectivity index (χ0n) is 14.9. The standard InChI is InChI=1S/C12H16F12O4Si/c1-4-6-29(25-5-2,28-12(23,24)11(20,21)22)27-7(3)26-8(13,9(14,15)16)10(17,18)19/h7H,4-6H2,1-3H3. The minimum atomic E-state index is -6.68. The molecule has 0 heterocycles. The summed E-state index contributed by atoms with van der Waals surface area (Å²) in [5, 5.41) is 0. The number of hydrogen-bond acceptors (Lipinski definition) is 4. The lowest BCUT2D eigenvalue weighted by atomic mass is 10.3. The Labute approximate surface area is 157 Å². The van der Waals surface area contributed by atoms with Crippen LogP contribution in [0.5, 0.6) is 0 Å². The van der Waals surface area contributed by atoms with E-state index in [4.69, 9.17) is 0 Å². The van der Waals surface area contributed by atoms with E-state index in [2.05, 4.69) is 18.0 Å². The van der Waals surface area contributed by atoms with E-state index in [-0.39, 0.29) is 13.3 Å². The zero-order chi connectivity index (χ0) is 23.5. The fraction of sp³-hybridized carbons (Fsp3) is 1.00.